The number of hydrogen-bond acceptors (Lipinski definition) is 4. The summed E-state index contributed by atoms with van der Waals surface area (Å²) in [4.78, 5) is 0. The zero-order chi connectivity index (χ0) is 16.0. The van der Waals surface area contributed by atoms with Crippen LogP contribution in [0.3, 0.4) is 0 Å². The molecule has 0 unspecified atom stereocenters. The van der Waals surface area contributed by atoms with E-state index in [1.54, 1.807) is 0 Å². The molecular weight excluding hydrogens is 277 g/mol. The molecule has 1 aromatic rings. The third-order valence-electron chi connectivity index (χ3n) is 5.16. The van der Waals surface area contributed by atoms with Crippen molar-refractivity contribution < 1.29 is 14.1 Å². The number of nitriles is 1. The van der Waals surface area contributed by atoms with Gasteiger partial charge in [0.1, 0.15) is 17.9 Å². The number of ether oxygens (including phenoxy) is 2. The van der Waals surface area contributed by atoms with Crippen LogP contribution in [0.5, 0.6) is 5.75 Å². The molecule has 0 radical (unpaired) electrons. The van der Waals surface area contributed by atoms with Gasteiger partial charge in [-0.1, -0.05) is 19.9 Å². The molecule has 0 N–H and O–H groups in total. The van der Waals surface area contributed by atoms with Crippen LogP contribution in [0.1, 0.15) is 33.3 Å². The summed E-state index contributed by atoms with van der Waals surface area (Å²) in [5, 5.41) is 9.39. The highest BCUT2D eigenvalue weighted by Crippen LogP contribution is 2.45. The highest BCUT2D eigenvalue weighted by Gasteiger charge is 2.49. The average Bonchev–Trinajstić information content (AvgIpc) is 2.63. The lowest BCUT2D eigenvalue weighted by atomic mass is 9.54. The Balaban J connectivity index is 1.82. The first-order valence-corrected chi connectivity index (χ1v) is 7.79. The molecule has 0 amide bonds. The number of rotatable bonds is 3. The van der Waals surface area contributed by atoms with Crippen molar-refractivity contribution in [3.05, 3.63) is 23.8 Å². The van der Waals surface area contributed by atoms with E-state index in [9.17, 15) is 5.26 Å². The van der Waals surface area contributed by atoms with E-state index in [1.165, 1.54) is 0 Å². The van der Waals surface area contributed by atoms with Crippen molar-refractivity contribution in [2.75, 3.05) is 13.2 Å². The number of benzene rings is 1. The van der Waals surface area contributed by atoms with Crippen molar-refractivity contribution in [1.82, 2.24) is 0 Å². The summed E-state index contributed by atoms with van der Waals surface area (Å²) in [6.45, 7) is 9.94. The normalized spacial score (nSPS) is 23.0. The Hall–Kier alpha value is -1.51. The van der Waals surface area contributed by atoms with Crippen LogP contribution < -0.4 is 10.2 Å². The molecule has 2 saturated heterocycles. The highest BCUT2D eigenvalue weighted by molar-refractivity contribution is 6.68. The smallest absolute Gasteiger partial charge is 0.328 e. The quantitative estimate of drug-likeness (QED) is 0.804. The minimum absolute atomic E-state index is 0.0261. The second-order valence-corrected chi connectivity index (χ2v) is 7.35. The second kappa shape index (κ2) is 5.29. The molecule has 0 spiro atoms. The minimum Gasteiger partial charge on any atom is -0.484 e. The van der Waals surface area contributed by atoms with Crippen molar-refractivity contribution in [3.63, 3.8) is 0 Å². The van der Waals surface area contributed by atoms with Gasteiger partial charge < -0.3 is 14.1 Å². The summed E-state index contributed by atoms with van der Waals surface area (Å²) in [7, 11) is 0. The fraction of sp³-hybridized carbons (Fsp3) is 0.588. The first kappa shape index (κ1) is 15.4. The Morgan fingerprint density at radius 2 is 2.00 bits per heavy atom. The van der Waals surface area contributed by atoms with E-state index < -0.39 is 0 Å². The van der Waals surface area contributed by atoms with Gasteiger partial charge in [-0.2, -0.15) is 5.26 Å². The molecule has 2 fully saturated rings. The molecule has 2 aliphatic heterocycles. The first-order chi connectivity index (χ1) is 10.3. The molecule has 0 bridgehead atoms. The van der Waals surface area contributed by atoms with Crippen LogP contribution >= 0.6 is 0 Å². The van der Waals surface area contributed by atoms with Gasteiger partial charge >= 0.3 is 6.92 Å². The third-order valence-corrected chi connectivity index (χ3v) is 5.16. The summed E-state index contributed by atoms with van der Waals surface area (Å²) in [6, 6.07) is 8.03. The lowest BCUT2D eigenvalue weighted by molar-refractivity contribution is -0.0797. The van der Waals surface area contributed by atoms with Crippen molar-refractivity contribution in [3.8, 4) is 11.8 Å². The van der Waals surface area contributed by atoms with Crippen molar-refractivity contribution in [2.45, 2.75) is 45.7 Å². The predicted octanol–water partition coefficient (Wildman–Crippen LogP) is 2.37. The van der Waals surface area contributed by atoms with Gasteiger partial charge in [0, 0.05) is 0 Å². The van der Waals surface area contributed by atoms with Gasteiger partial charge in [0.25, 0.3) is 0 Å². The van der Waals surface area contributed by atoms with Crippen LogP contribution in [0.4, 0.5) is 0 Å². The fourth-order valence-corrected chi connectivity index (χ4v) is 2.85. The molecule has 2 aliphatic rings. The van der Waals surface area contributed by atoms with Crippen LogP contribution in [0.25, 0.3) is 0 Å². The Bertz CT molecular complexity index is 601. The molecule has 0 aromatic heterocycles. The summed E-state index contributed by atoms with van der Waals surface area (Å²) in [5.41, 5.74) is 1.54. The standard InChI is InChI=1S/C17H22BNO3/c1-16(2)11-18(22-17(16,3)4)13-5-6-15(12(7-13)8-19)21-14-9-20-10-14/h5-7,14H,9-11H2,1-4H3. The molecule has 0 saturated carbocycles. The molecule has 4 nitrogen and oxygen atoms in total. The summed E-state index contributed by atoms with van der Waals surface area (Å²) in [6.07, 6.45) is 1.01. The van der Waals surface area contributed by atoms with Gasteiger partial charge in [0.05, 0.1) is 24.4 Å². The van der Waals surface area contributed by atoms with Crippen molar-refractivity contribution in [2.24, 2.45) is 5.41 Å². The molecule has 5 heteroatoms. The predicted molar refractivity (Wildman–Crippen MR) is 85.5 cm³/mol. The fourth-order valence-electron chi connectivity index (χ4n) is 2.85. The summed E-state index contributed by atoms with van der Waals surface area (Å²) in [5.74, 6) is 0.635. The van der Waals surface area contributed by atoms with E-state index in [1.807, 2.05) is 18.2 Å². The SMILES string of the molecule is CC1(C)CB(c2ccc(OC3COC3)c(C#N)c2)OC1(C)C. The maximum atomic E-state index is 9.39. The lowest BCUT2D eigenvalue weighted by Crippen LogP contribution is -2.39. The van der Waals surface area contributed by atoms with Gasteiger partial charge in [-0.15, -0.1) is 0 Å². The topological polar surface area (TPSA) is 51.5 Å². The first-order valence-electron chi connectivity index (χ1n) is 7.79. The molecule has 116 valence electrons. The van der Waals surface area contributed by atoms with Crippen LogP contribution in [0.15, 0.2) is 18.2 Å². The largest absolute Gasteiger partial charge is 0.484 e. The van der Waals surface area contributed by atoms with Gasteiger partial charge in [-0.05, 0) is 43.2 Å². The third kappa shape index (κ3) is 2.62. The highest BCUT2D eigenvalue weighted by atomic mass is 16.6. The monoisotopic (exact) mass is 299 g/mol. The zero-order valence-electron chi connectivity index (χ0n) is 13.7. The lowest BCUT2D eigenvalue weighted by Gasteiger charge is -2.34. The number of nitrogens with zero attached hydrogens (tertiary/aromatic N) is 1. The summed E-state index contributed by atoms with van der Waals surface area (Å²) >= 11 is 0. The van der Waals surface area contributed by atoms with Gasteiger partial charge in [0.15, 0.2) is 0 Å². The van der Waals surface area contributed by atoms with Gasteiger partial charge in [-0.3, -0.25) is 0 Å². The van der Waals surface area contributed by atoms with Crippen molar-refractivity contribution >= 4 is 12.4 Å². The Kier molecular flexibility index (Phi) is 3.70. The van der Waals surface area contributed by atoms with Crippen molar-refractivity contribution in [1.29, 1.82) is 5.26 Å². The maximum Gasteiger partial charge on any atom is 0.328 e. The molecule has 0 aliphatic carbocycles. The molecule has 2 heterocycles. The molecule has 22 heavy (non-hydrogen) atoms. The Morgan fingerprint density at radius 1 is 1.27 bits per heavy atom. The van der Waals surface area contributed by atoms with E-state index in [2.05, 4.69) is 33.8 Å². The second-order valence-electron chi connectivity index (χ2n) is 7.35. The number of hydrogen-bond donors (Lipinski definition) is 0. The average molecular weight is 299 g/mol. The van der Waals surface area contributed by atoms with E-state index in [4.69, 9.17) is 14.1 Å². The van der Waals surface area contributed by atoms with Crippen LogP contribution in [-0.4, -0.2) is 31.8 Å². The molecule has 3 rings (SSSR count). The molecular formula is C17H22BNO3. The maximum absolute atomic E-state index is 9.39. The minimum atomic E-state index is -0.178. The molecule has 1 aromatic carbocycles. The van der Waals surface area contributed by atoms with E-state index >= 15 is 0 Å². The van der Waals surface area contributed by atoms with E-state index in [-0.39, 0.29) is 24.0 Å². The van der Waals surface area contributed by atoms with Gasteiger partial charge in [-0.25, -0.2) is 0 Å². The Morgan fingerprint density at radius 3 is 2.50 bits per heavy atom. The van der Waals surface area contributed by atoms with Gasteiger partial charge in [0.2, 0.25) is 0 Å². The van der Waals surface area contributed by atoms with Crippen LogP contribution in [-0.2, 0) is 9.39 Å². The summed E-state index contributed by atoms with van der Waals surface area (Å²) < 4.78 is 17.1. The van der Waals surface area contributed by atoms with E-state index in [0.717, 1.165) is 11.8 Å². The molecule has 0 atom stereocenters. The van der Waals surface area contributed by atoms with Crippen LogP contribution in [0.2, 0.25) is 6.32 Å². The van der Waals surface area contributed by atoms with E-state index in [0.29, 0.717) is 24.5 Å². The zero-order valence-corrected chi connectivity index (χ0v) is 13.7. The Labute approximate surface area is 132 Å². The van der Waals surface area contributed by atoms with Crippen LogP contribution in [0, 0.1) is 16.7 Å².